The number of ether oxygens (including phenoxy) is 1. The number of nitrogens with one attached hydrogen (secondary N) is 2. The lowest BCUT2D eigenvalue weighted by atomic mass is 10.2. The number of anilines is 1. The van der Waals surface area contributed by atoms with Crippen LogP contribution in [0.1, 0.15) is 30.6 Å². The largest absolute Gasteiger partial charge is 0.452 e. The fourth-order valence-electron chi connectivity index (χ4n) is 1.84. The van der Waals surface area contributed by atoms with Crippen molar-refractivity contribution in [1.29, 1.82) is 0 Å². The van der Waals surface area contributed by atoms with Gasteiger partial charge in [0.05, 0.1) is 17.0 Å². The highest BCUT2D eigenvalue weighted by Crippen LogP contribution is 2.32. The Labute approximate surface area is 133 Å². The van der Waals surface area contributed by atoms with Crippen molar-refractivity contribution in [2.24, 2.45) is 0 Å². The van der Waals surface area contributed by atoms with Crippen LogP contribution >= 0.6 is 11.8 Å². The van der Waals surface area contributed by atoms with Crippen LogP contribution in [0.5, 0.6) is 0 Å². The van der Waals surface area contributed by atoms with Crippen molar-refractivity contribution in [2.75, 3.05) is 17.7 Å². The maximum absolute atomic E-state index is 12.0. The maximum Gasteiger partial charge on any atom is 0.338 e. The summed E-state index contributed by atoms with van der Waals surface area (Å²) in [5.41, 5.74) is 0.901. The molecule has 0 spiro atoms. The summed E-state index contributed by atoms with van der Waals surface area (Å²) in [6.45, 7) is 3.52. The first-order valence-corrected chi connectivity index (χ1v) is 8.01. The highest BCUT2D eigenvalue weighted by atomic mass is 32.2. The predicted molar refractivity (Wildman–Crippen MR) is 84.0 cm³/mol. The topological polar surface area (TPSA) is 84.5 Å². The summed E-state index contributed by atoms with van der Waals surface area (Å²) in [5.74, 6) is -0.653. The Balaban J connectivity index is 1.94. The van der Waals surface area contributed by atoms with Crippen molar-refractivity contribution in [2.45, 2.75) is 31.2 Å². The fourth-order valence-corrected chi connectivity index (χ4v) is 2.63. The van der Waals surface area contributed by atoms with Gasteiger partial charge in [0.2, 0.25) is 5.91 Å². The van der Waals surface area contributed by atoms with Gasteiger partial charge in [-0.1, -0.05) is 6.92 Å². The van der Waals surface area contributed by atoms with Gasteiger partial charge in [0.25, 0.3) is 5.91 Å². The number of hydrogen-bond acceptors (Lipinski definition) is 5. The van der Waals surface area contributed by atoms with E-state index < -0.39 is 5.97 Å². The second-order valence-corrected chi connectivity index (χ2v) is 6.02. The minimum atomic E-state index is -0.591. The molecule has 118 valence electrons. The summed E-state index contributed by atoms with van der Waals surface area (Å²) in [5, 5.41) is 5.42. The van der Waals surface area contributed by atoms with Crippen LogP contribution in [0.15, 0.2) is 23.1 Å². The number of carbonyl (C=O) groups excluding carboxylic acids is 3. The lowest BCUT2D eigenvalue weighted by Crippen LogP contribution is -2.35. The van der Waals surface area contributed by atoms with Gasteiger partial charge in [0, 0.05) is 10.9 Å². The molecule has 0 saturated heterocycles. The fraction of sp³-hybridized carbons (Fsp3) is 0.400. The maximum atomic E-state index is 12.0. The zero-order chi connectivity index (χ0) is 16.1. The summed E-state index contributed by atoms with van der Waals surface area (Å²) in [6, 6.07) is 4.99. The van der Waals surface area contributed by atoms with E-state index in [9.17, 15) is 14.4 Å². The van der Waals surface area contributed by atoms with Gasteiger partial charge in [0.15, 0.2) is 6.61 Å². The van der Waals surface area contributed by atoms with Gasteiger partial charge in [-0.15, -0.1) is 11.8 Å². The molecule has 0 saturated carbocycles. The standard InChI is InChI=1S/C15H18N2O4S/c1-3-9(2)16-13(18)7-21-15(20)10-4-5-12-11(6-10)17-14(19)8-22-12/h4-6,9H,3,7-8H2,1-2H3,(H,16,18)(H,17,19)/t9-/m1/s1. The van der Waals surface area contributed by atoms with Gasteiger partial charge in [-0.05, 0) is 31.5 Å². The number of hydrogen-bond donors (Lipinski definition) is 2. The smallest absolute Gasteiger partial charge is 0.338 e. The SMILES string of the molecule is CC[C@@H](C)NC(=O)COC(=O)c1ccc2c(c1)NC(=O)CS2. The zero-order valence-corrected chi connectivity index (χ0v) is 13.3. The van der Waals surface area contributed by atoms with Gasteiger partial charge in [0.1, 0.15) is 0 Å². The normalized spacial score (nSPS) is 14.5. The van der Waals surface area contributed by atoms with Crippen molar-refractivity contribution in [1.82, 2.24) is 5.32 Å². The van der Waals surface area contributed by atoms with E-state index in [2.05, 4.69) is 10.6 Å². The van der Waals surface area contributed by atoms with Crippen LogP contribution < -0.4 is 10.6 Å². The number of fused-ring (bicyclic) bond motifs is 1. The Hall–Kier alpha value is -2.02. The third-order valence-electron chi connectivity index (χ3n) is 3.20. The molecular weight excluding hydrogens is 304 g/mol. The molecule has 1 heterocycles. The van der Waals surface area contributed by atoms with Crippen molar-refractivity contribution < 1.29 is 19.1 Å². The third kappa shape index (κ3) is 4.24. The van der Waals surface area contributed by atoms with E-state index in [0.29, 0.717) is 17.0 Å². The van der Waals surface area contributed by atoms with E-state index in [4.69, 9.17) is 4.74 Å². The molecule has 2 N–H and O–H groups in total. The number of esters is 1. The Morgan fingerprint density at radius 1 is 1.45 bits per heavy atom. The van der Waals surface area contributed by atoms with Crippen molar-refractivity contribution in [3.05, 3.63) is 23.8 Å². The number of carbonyl (C=O) groups is 3. The molecular formula is C15H18N2O4S. The number of rotatable bonds is 5. The van der Waals surface area contributed by atoms with Crippen LogP contribution in [-0.2, 0) is 14.3 Å². The summed E-state index contributed by atoms with van der Waals surface area (Å²) in [6.07, 6.45) is 0.807. The molecule has 1 atom stereocenters. The Kier molecular flexibility index (Phi) is 5.43. The first-order valence-electron chi connectivity index (χ1n) is 7.02. The van der Waals surface area contributed by atoms with Crippen LogP contribution in [0.25, 0.3) is 0 Å². The molecule has 0 bridgehead atoms. The van der Waals surface area contributed by atoms with E-state index in [0.717, 1.165) is 11.3 Å². The lowest BCUT2D eigenvalue weighted by Gasteiger charge is -2.16. The van der Waals surface area contributed by atoms with Gasteiger partial charge < -0.3 is 15.4 Å². The molecule has 1 aliphatic heterocycles. The average Bonchev–Trinajstić information content (AvgIpc) is 2.51. The van der Waals surface area contributed by atoms with E-state index >= 15 is 0 Å². The lowest BCUT2D eigenvalue weighted by molar-refractivity contribution is -0.124. The number of thioether (sulfide) groups is 1. The van der Waals surface area contributed by atoms with Crippen molar-refractivity contribution >= 4 is 35.2 Å². The molecule has 0 unspecified atom stereocenters. The van der Waals surface area contributed by atoms with E-state index in [1.807, 2.05) is 13.8 Å². The molecule has 0 aromatic heterocycles. The first kappa shape index (κ1) is 16.4. The number of amides is 2. The van der Waals surface area contributed by atoms with Crippen molar-refractivity contribution in [3.63, 3.8) is 0 Å². The van der Waals surface area contributed by atoms with Crippen LogP contribution in [0.4, 0.5) is 5.69 Å². The van der Waals surface area contributed by atoms with Crippen LogP contribution in [0.2, 0.25) is 0 Å². The Morgan fingerprint density at radius 3 is 2.95 bits per heavy atom. The number of benzene rings is 1. The molecule has 22 heavy (non-hydrogen) atoms. The van der Waals surface area contributed by atoms with E-state index in [1.54, 1.807) is 18.2 Å². The zero-order valence-electron chi connectivity index (χ0n) is 12.5. The van der Waals surface area contributed by atoms with Crippen LogP contribution in [0.3, 0.4) is 0 Å². The molecule has 2 amide bonds. The monoisotopic (exact) mass is 322 g/mol. The average molecular weight is 322 g/mol. The first-order chi connectivity index (χ1) is 10.5. The molecule has 1 aromatic rings. The summed E-state index contributed by atoms with van der Waals surface area (Å²) < 4.78 is 4.98. The van der Waals surface area contributed by atoms with E-state index in [-0.39, 0.29) is 24.5 Å². The molecule has 1 aliphatic rings. The van der Waals surface area contributed by atoms with Crippen LogP contribution in [0, 0.1) is 0 Å². The second kappa shape index (κ2) is 7.31. The third-order valence-corrected chi connectivity index (χ3v) is 4.28. The second-order valence-electron chi connectivity index (χ2n) is 5.00. The molecule has 0 fully saturated rings. The van der Waals surface area contributed by atoms with Crippen LogP contribution in [-0.4, -0.2) is 36.2 Å². The summed E-state index contributed by atoms with van der Waals surface area (Å²) in [4.78, 5) is 35.8. The van der Waals surface area contributed by atoms with Gasteiger partial charge in [-0.25, -0.2) is 4.79 Å². The molecule has 1 aromatic carbocycles. The van der Waals surface area contributed by atoms with Crippen molar-refractivity contribution in [3.8, 4) is 0 Å². The minimum absolute atomic E-state index is 0.0437. The molecule has 0 aliphatic carbocycles. The highest BCUT2D eigenvalue weighted by Gasteiger charge is 2.18. The molecule has 0 radical (unpaired) electrons. The summed E-state index contributed by atoms with van der Waals surface area (Å²) in [7, 11) is 0. The van der Waals surface area contributed by atoms with Gasteiger partial charge in [-0.3, -0.25) is 9.59 Å². The minimum Gasteiger partial charge on any atom is -0.452 e. The quantitative estimate of drug-likeness (QED) is 0.808. The molecule has 2 rings (SSSR count). The van der Waals surface area contributed by atoms with E-state index in [1.165, 1.54) is 11.8 Å². The van der Waals surface area contributed by atoms with Gasteiger partial charge >= 0.3 is 5.97 Å². The predicted octanol–water partition coefficient (Wildman–Crippen LogP) is 1.80. The Morgan fingerprint density at radius 2 is 2.23 bits per heavy atom. The highest BCUT2D eigenvalue weighted by molar-refractivity contribution is 8.00. The molecule has 7 heteroatoms. The van der Waals surface area contributed by atoms with Gasteiger partial charge in [-0.2, -0.15) is 0 Å². The molecule has 6 nitrogen and oxygen atoms in total. The summed E-state index contributed by atoms with van der Waals surface area (Å²) >= 11 is 1.42. The Bertz CT molecular complexity index is 603.